The quantitative estimate of drug-likeness (QED) is 0.164. The largest absolute Gasteiger partial charge is 0.469 e. The summed E-state index contributed by atoms with van der Waals surface area (Å²) in [5.41, 5.74) is 2.52. The molecule has 0 aromatic heterocycles. The van der Waals surface area contributed by atoms with E-state index in [4.69, 9.17) is 0 Å². The third kappa shape index (κ3) is 11.0. The fourth-order valence-electron chi connectivity index (χ4n) is 2.62. The Hall–Kier alpha value is -1.51. The number of nitrogens with zero attached hydrogens (tertiary/aromatic N) is 2. The summed E-state index contributed by atoms with van der Waals surface area (Å²) in [4.78, 5) is 18.0. The number of aliphatic imine (C=N–C) groups is 1. The summed E-state index contributed by atoms with van der Waals surface area (Å²) >= 11 is 0. The predicted molar refractivity (Wildman–Crippen MR) is 124 cm³/mol. The van der Waals surface area contributed by atoms with Crippen molar-refractivity contribution in [2.75, 3.05) is 44.7 Å². The van der Waals surface area contributed by atoms with Crippen molar-refractivity contribution in [3.8, 4) is 0 Å². The van der Waals surface area contributed by atoms with Gasteiger partial charge in [0.05, 0.1) is 7.11 Å². The zero-order valence-electron chi connectivity index (χ0n) is 17.1. The highest BCUT2D eigenvalue weighted by Gasteiger charge is 2.05. The van der Waals surface area contributed by atoms with Crippen LogP contribution in [0.25, 0.3) is 0 Å². The Kier molecular flexibility index (Phi) is 14.7. The maximum absolute atomic E-state index is 11.1. The first-order chi connectivity index (χ1) is 12.6. The van der Waals surface area contributed by atoms with Crippen LogP contribution in [0.2, 0.25) is 0 Å². The summed E-state index contributed by atoms with van der Waals surface area (Å²) in [6.07, 6.45) is 2.13. The maximum atomic E-state index is 11.1. The molecule has 0 atom stereocenters. The minimum Gasteiger partial charge on any atom is -0.469 e. The Morgan fingerprint density at radius 2 is 2.00 bits per heavy atom. The van der Waals surface area contributed by atoms with Crippen LogP contribution < -0.4 is 15.5 Å². The summed E-state index contributed by atoms with van der Waals surface area (Å²) < 4.78 is 4.64. The number of halogens is 1. The van der Waals surface area contributed by atoms with Gasteiger partial charge in [0.15, 0.2) is 5.96 Å². The van der Waals surface area contributed by atoms with Crippen molar-refractivity contribution in [2.24, 2.45) is 4.99 Å². The fraction of sp³-hybridized carbons (Fsp3) is 0.600. The van der Waals surface area contributed by atoms with Gasteiger partial charge in [-0.1, -0.05) is 12.1 Å². The molecule has 0 saturated carbocycles. The molecule has 154 valence electrons. The van der Waals surface area contributed by atoms with E-state index in [1.807, 2.05) is 0 Å². The number of guanidine groups is 1. The first-order valence-corrected chi connectivity index (χ1v) is 9.51. The molecule has 6 nitrogen and oxygen atoms in total. The van der Waals surface area contributed by atoms with Crippen molar-refractivity contribution in [1.82, 2.24) is 10.6 Å². The van der Waals surface area contributed by atoms with Crippen molar-refractivity contribution < 1.29 is 9.53 Å². The zero-order chi connectivity index (χ0) is 19.2. The molecule has 0 aliphatic heterocycles. The van der Waals surface area contributed by atoms with E-state index in [0.717, 1.165) is 45.0 Å². The molecule has 0 aliphatic carbocycles. The number of ether oxygens (including phenoxy) is 1. The van der Waals surface area contributed by atoms with Crippen LogP contribution in [0.5, 0.6) is 0 Å². The van der Waals surface area contributed by atoms with Crippen LogP contribution >= 0.6 is 24.0 Å². The molecule has 0 radical (unpaired) electrons. The highest BCUT2D eigenvalue weighted by molar-refractivity contribution is 14.0. The van der Waals surface area contributed by atoms with Crippen molar-refractivity contribution in [3.63, 3.8) is 0 Å². The summed E-state index contributed by atoms with van der Waals surface area (Å²) in [6, 6.07) is 8.58. The van der Waals surface area contributed by atoms with Crippen LogP contribution in [0.4, 0.5) is 5.69 Å². The van der Waals surface area contributed by atoms with Crippen LogP contribution in [0, 0.1) is 6.92 Å². The molecule has 1 aromatic carbocycles. The van der Waals surface area contributed by atoms with Gasteiger partial charge in [0.25, 0.3) is 0 Å². The summed E-state index contributed by atoms with van der Waals surface area (Å²) in [5, 5.41) is 6.65. The standard InChI is InChI=1S/C20H34N4O2.HI/c1-5-21-20(22-13-8-7-12-19(25)26-4)23-14-15-24(6-2)18-11-9-10-17(3)16-18;/h9-11,16H,5-8,12-15H2,1-4H3,(H2,21,22,23);1H. The number of nitrogens with one attached hydrogen (secondary N) is 2. The number of likely N-dealkylation sites (N-methyl/N-ethyl adjacent to an activating group) is 1. The van der Waals surface area contributed by atoms with Crippen LogP contribution in [-0.2, 0) is 9.53 Å². The maximum Gasteiger partial charge on any atom is 0.305 e. The molecular formula is C20H35IN4O2. The Bertz CT molecular complexity index is 567. The van der Waals surface area contributed by atoms with Gasteiger partial charge < -0.3 is 20.3 Å². The number of anilines is 1. The molecule has 0 aliphatic rings. The van der Waals surface area contributed by atoms with E-state index in [2.05, 4.69) is 70.3 Å². The molecule has 0 fully saturated rings. The van der Waals surface area contributed by atoms with Gasteiger partial charge in [-0.2, -0.15) is 0 Å². The van der Waals surface area contributed by atoms with E-state index in [1.165, 1.54) is 18.4 Å². The lowest BCUT2D eigenvalue weighted by atomic mass is 10.2. The van der Waals surface area contributed by atoms with Crippen LogP contribution in [0.3, 0.4) is 0 Å². The SMILES string of the molecule is CCNC(=NCCCCC(=O)OC)NCCN(CC)c1cccc(C)c1.I. The smallest absolute Gasteiger partial charge is 0.305 e. The fourth-order valence-corrected chi connectivity index (χ4v) is 2.62. The minimum absolute atomic E-state index is 0. The van der Waals surface area contributed by atoms with Crippen molar-refractivity contribution in [2.45, 2.75) is 40.0 Å². The lowest BCUT2D eigenvalue weighted by Crippen LogP contribution is -2.41. The van der Waals surface area contributed by atoms with Gasteiger partial charge in [0.1, 0.15) is 0 Å². The van der Waals surface area contributed by atoms with E-state index in [-0.39, 0.29) is 29.9 Å². The van der Waals surface area contributed by atoms with E-state index < -0.39 is 0 Å². The minimum atomic E-state index is -0.158. The van der Waals surface area contributed by atoms with Gasteiger partial charge in [0, 0.05) is 44.8 Å². The van der Waals surface area contributed by atoms with Crippen molar-refractivity contribution in [3.05, 3.63) is 29.8 Å². The molecular weight excluding hydrogens is 455 g/mol. The second-order valence-electron chi connectivity index (χ2n) is 6.14. The third-order valence-corrected chi connectivity index (χ3v) is 4.05. The number of benzene rings is 1. The number of carbonyl (C=O) groups excluding carboxylic acids is 1. The zero-order valence-corrected chi connectivity index (χ0v) is 19.4. The van der Waals surface area contributed by atoms with E-state index in [0.29, 0.717) is 13.0 Å². The summed E-state index contributed by atoms with van der Waals surface area (Å²) in [7, 11) is 1.42. The van der Waals surface area contributed by atoms with Crippen molar-refractivity contribution >= 4 is 41.6 Å². The highest BCUT2D eigenvalue weighted by atomic mass is 127. The molecule has 0 unspecified atom stereocenters. The van der Waals surface area contributed by atoms with Gasteiger partial charge in [-0.15, -0.1) is 24.0 Å². The second-order valence-corrected chi connectivity index (χ2v) is 6.14. The van der Waals surface area contributed by atoms with Gasteiger partial charge >= 0.3 is 5.97 Å². The molecule has 0 heterocycles. The number of unbranched alkanes of at least 4 members (excludes halogenated alkanes) is 1. The Balaban J connectivity index is 0.00000676. The lowest BCUT2D eigenvalue weighted by molar-refractivity contribution is -0.140. The Labute approximate surface area is 181 Å². The summed E-state index contributed by atoms with van der Waals surface area (Å²) in [6.45, 7) is 10.5. The molecule has 7 heteroatoms. The third-order valence-electron chi connectivity index (χ3n) is 4.05. The number of hydrogen-bond acceptors (Lipinski definition) is 4. The van der Waals surface area contributed by atoms with Crippen molar-refractivity contribution in [1.29, 1.82) is 0 Å². The number of hydrogen-bond donors (Lipinski definition) is 2. The Morgan fingerprint density at radius 3 is 2.63 bits per heavy atom. The topological polar surface area (TPSA) is 66.0 Å². The molecule has 1 rings (SSSR count). The molecule has 2 N–H and O–H groups in total. The van der Waals surface area contributed by atoms with Crippen LogP contribution in [-0.4, -0.2) is 51.8 Å². The van der Waals surface area contributed by atoms with Gasteiger partial charge in [0.2, 0.25) is 0 Å². The highest BCUT2D eigenvalue weighted by Crippen LogP contribution is 2.14. The van der Waals surface area contributed by atoms with Gasteiger partial charge in [-0.3, -0.25) is 9.79 Å². The summed E-state index contributed by atoms with van der Waals surface area (Å²) in [5.74, 6) is 0.667. The number of esters is 1. The van der Waals surface area contributed by atoms with Gasteiger partial charge in [-0.25, -0.2) is 0 Å². The van der Waals surface area contributed by atoms with Crippen LogP contribution in [0.1, 0.15) is 38.7 Å². The van der Waals surface area contributed by atoms with Gasteiger partial charge in [-0.05, 0) is 51.3 Å². The van der Waals surface area contributed by atoms with Crippen LogP contribution in [0.15, 0.2) is 29.3 Å². The average molecular weight is 490 g/mol. The predicted octanol–water partition coefficient (Wildman–Crippen LogP) is 3.34. The van der Waals surface area contributed by atoms with E-state index in [9.17, 15) is 4.79 Å². The number of rotatable bonds is 11. The molecule has 27 heavy (non-hydrogen) atoms. The Morgan fingerprint density at radius 1 is 1.22 bits per heavy atom. The number of aryl methyl sites for hydroxylation is 1. The first-order valence-electron chi connectivity index (χ1n) is 9.51. The monoisotopic (exact) mass is 490 g/mol. The molecule has 0 amide bonds. The van der Waals surface area contributed by atoms with E-state index in [1.54, 1.807) is 0 Å². The second kappa shape index (κ2) is 15.5. The molecule has 0 bridgehead atoms. The molecule has 1 aromatic rings. The lowest BCUT2D eigenvalue weighted by Gasteiger charge is -2.24. The normalized spacial score (nSPS) is 10.7. The first kappa shape index (κ1) is 25.5. The van der Waals surface area contributed by atoms with E-state index >= 15 is 0 Å². The number of methoxy groups -OCH3 is 1. The number of carbonyl (C=O) groups is 1. The molecule has 0 saturated heterocycles. The molecule has 0 spiro atoms. The average Bonchev–Trinajstić information content (AvgIpc) is 2.64.